The van der Waals surface area contributed by atoms with Crippen molar-refractivity contribution in [1.82, 2.24) is 0 Å². The van der Waals surface area contributed by atoms with Crippen LogP contribution in [0, 0.1) is 6.92 Å². The van der Waals surface area contributed by atoms with E-state index in [1.165, 1.54) is 0 Å². The van der Waals surface area contributed by atoms with Crippen LogP contribution in [0.15, 0.2) is 45.3 Å². The maximum atomic E-state index is 6.34. The van der Waals surface area contributed by atoms with E-state index in [9.17, 15) is 0 Å². The second-order valence-corrected chi connectivity index (χ2v) is 6.63. The van der Waals surface area contributed by atoms with Crippen molar-refractivity contribution in [3.8, 4) is 0 Å². The van der Waals surface area contributed by atoms with Crippen molar-refractivity contribution >= 4 is 50.1 Å². The smallest absolute Gasteiger partial charge is 0.134 e. The van der Waals surface area contributed by atoms with Gasteiger partial charge in [-0.15, -0.1) is 0 Å². The Morgan fingerprint density at radius 3 is 2.67 bits per heavy atom. The van der Waals surface area contributed by atoms with E-state index < -0.39 is 6.04 Å². The van der Waals surface area contributed by atoms with Crippen LogP contribution in [-0.2, 0) is 0 Å². The van der Waals surface area contributed by atoms with Gasteiger partial charge < -0.3 is 10.2 Å². The summed E-state index contributed by atoms with van der Waals surface area (Å²) in [5.74, 6) is 0.701. The van der Waals surface area contributed by atoms with E-state index in [1.807, 2.05) is 25.1 Å². The lowest BCUT2D eigenvalue weighted by Gasteiger charge is -2.12. The number of fused-ring (bicyclic) bond motifs is 1. The zero-order valence-electron chi connectivity index (χ0n) is 11.2. The molecule has 0 aliphatic heterocycles. The van der Waals surface area contributed by atoms with Gasteiger partial charge in [0.05, 0.1) is 6.04 Å². The molecule has 0 fully saturated rings. The maximum absolute atomic E-state index is 6.34. The summed E-state index contributed by atoms with van der Waals surface area (Å²) in [6.45, 7) is 1.99. The number of furan rings is 1. The van der Waals surface area contributed by atoms with Crippen molar-refractivity contribution < 1.29 is 4.42 Å². The molecule has 0 aliphatic carbocycles. The minimum absolute atomic E-state index is 0.456. The average Bonchev–Trinajstić information content (AvgIpc) is 2.78. The summed E-state index contributed by atoms with van der Waals surface area (Å²) in [5, 5.41) is 2.21. The van der Waals surface area contributed by atoms with E-state index in [2.05, 4.69) is 15.9 Å². The quantitative estimate of drug-likeness (QED) is 0.601. The molecule has 0 amide bonds. The Bertz CT molecular complexity index is 829. The zero-order chi connectivity index (χ0) is 15.1. The first-order valence-corrected chi connectivity index (χ1v) is 7.91. The molecule has 5 heteroatoms. The van der Waals surface area contributed by atoms with Crippen LogP contribution in [0.3, 0.4) is 0 Å². The number of aryl methyl sites for hydroxylation is 1. The summed E-state index contributed by atoms with van der Waals surface area (Å²) in [4.78, 5) is 0. The molecule has 0 aliphatic rings. The fourth-order valence-electron chi connectivity index (χ4n) is 2.40. The van der Waals surface area contributed by atoms with E-state index in [4.69, 9.17) is 33.4 Å². The molecule has 1 atom stereocenters. The van der Waals surface area contributed by atoms with Gasteiger partial charge >= 0.3 is 0 Å². The molecule has 2 aromatic carbocycles. The molecular weight excluding hydrogens is 373 g/mol. The lowest BCUT2D eigenvalue weighted by Crippen LogP contribution is -2.12. The predicted molar refractivity (Wildman–Crippen MR) is 91.1 cm³/mol. The SMILES string of the molecule is Cc1c(C(N)c2cc(Cl)ccc2Cl)oc2ccc(Br)cc12. The molecule has 1 heterocycles. The summed E-state index contributed by atoms with van der Waals surface area (Å²) < 4.78 is 6.92. The molecule has 3 rings (SSSR count). The molecule has 2 N–H and O–H groups in total. The molecule has 2 nitrogen and oxygen atoms in total. The highest BCUT2D eigenvalue weighted by Gasteiger charge is 2.21. The Morgan fingerprint density at radius 1 is 1.14 bits per heavy atom. The molecule has 0 bridgehead atoms. The van der Waals surface area contributed by atoms with Crippen LogP contribution in [0.25, 0.3) is 11.0 Å². The minimum Gasteiger partial charge on any atom is -0.459 e. The Hall–Kier alpha value is -1.000. The summed E-state index contributed by atoms with van der Waals surface area (Å²) >= 11 is 15.7. The summed E-state index contributed by atoms with van der Waals surface area (Å²) in [6, 6.07) is 10.7. The van der Waals surface area contributed by atoms with Crippen LogP contribution in [0.5, 0.6) is 0 Å². The van der Waals surface area contributed by atoms with Gasteiger partial charge in [-0.1, -0.05) is 39.1 Å². The Morgan fingerprint density at radius 2 is 1.90 bits per heavy atom. The Balaban J connectivity index is 2.15. The fourth-order valence-corrected chi connectivity index (χ4v) is 3.18. The minimum atomic E-state index is -0.456. The maximum Gasteiger partial charge on any atom is 0.134 e. The third-order valence-electron chi connectivity index (χ3n) is 3.51. The van der Waals surface area contributed by atoms with Crippen molar-refractivity contribution in [2.75, 3.05) is 0 Å². The molecule has 0 saturated carbocycles. The van der Waals surface area contributed by atoms with Gasteiger partial charge in [-0.2, -0.15) is 0 Å². The van der Waals surface area contributed by atoms with E-state index in [0.29, 0.717) is 15.8 Å². The van der Waals surface area contributed by atoms with Crippen molar-refractivity contribution in [2.24, 2.45) is 5.73 Å². The van der Waals surface area contributed by atoms with E-state index in [1.54, 1.807) is 18.2 Å². The second-order valence-electron chi connectivity index (χ2n) is 4.88. The van der Waals surface area contributed by atoms with Crippen LogP contribution in [0.2, 0.25) is 10.0 Å². The molecule has 0 saturated heterocycles. The van der Waals surface area contributed by atoms with Crippen LogP contribution in [0.4, 0.5) is 0 Å². The number of rotatable bonds is 2. The summed E-state index contributed by atoms with van der Waals surface area (Å²) in [6.07, 6.45) is 0. The van der Waals surface area contributed by atoms with Crippen molar-refractivity contribution in [2.45, 2.75) is 13.0 Å². The van der Waals surface area contributed by atoms with E-state index >= 15 is 0 Å². The average molecular weight is 385 g/mol. The zero-order valence-corrected chi connectivity index (χ0v) is 14.3. The summed E-state index contributed by atoms with van der Waals surface area (Å²) in [5.41, 5.74) is 8.91. The lowest BCUT2D eigenvalue weighted by atomic mass is 10.0. The lowest BCUT2D eigenvalue weighted by molar-refractivity contribution is 0.521. The highest BCUT2D eigenvalue weighted by molar-refractivity contribution is 9.10. The van der Waals surface area contributed by atoms with Crippen molar-refractivity contribution in [1.29, 1.82) is 0 Å². The first-order chi connectivity index (χ1) is 9.97. The number of nitrogens with two attached hydrogens (primary N) is 1. The first-order valence-electron chi connectivity index (χ1n) is 6.36. The Labute approximate surface area is 141 Å². The van der Waals surface area contributed by atoms with Gasteiger partial charge in [0.1, 0.15) is 11.3 Å². The topological polar surface area (TPSA) is 39.2 Å². The van der Waals surface area contributed by atoms with E-state index in [0.717, 1.165) is 26.6 Å². The molecule has 1 aromatic heterocycles. The van der Waals surface area contributed by atoms with Gasteiger partial charge in [0.25, 0.3) is 0 Å². The summed E-state index contributed by atoms with van der Waals surface area (Å²) in [7, 11) is 0. The Kier molecular flexibility index (Phi) is 4.02. The third kappa shape index (κ3) is 2.71. The van der Waals surface area contributed by atoms with Gasteiger partial charge in [-0.25, -0.2) is 0 Å². The molecule has 21 heavy (non-hydrogen) atoms. The molecular formula is C16H12BrCl2NO. The number of hydrogen-bond donors (Lipinski definition) is 1. The molecule has 1 unspecified atom stereocenters. The van der Waals surface area contributed by atoms with Crippen LogP contribution in [0.1, 0.15) is 22.9 Å². The van der Waals surface area contributed by atoms with Gasteiger partial charge in [0.15, 0.2) is 0 Å². The molecule has 108 valence electrons. The highest BCUT2D eigenvalue weighted by atomic mass is 79.9. The second kappa shape index (κ2) is 5.65. The van der Waals surface area contributed by atoms with E-state index in [-0.39, 0.29) is 0 Å². The van der Waals surface area contributed by atoms with Crippen LogP contribution < -0.4 is 5.73 Å². The predicted octanol–water partition coefficient (Wildman–Crippen LogP) is 5.86. The highest BCUT2D eigenvalue weighted by Crippen LogP contribution is 2.35. The first kappa shape index (κ1) is 14.9. The molecule has 0 radical (unpaired) electrons. The van der Waals surface area contributed by atoms with Gasteiger partial charge in [0.2, 0.25) is 0 Å². The fraction of sp³-hybridized carbons (Fsp3) is 0.125. The number of benzene rings is 2. The molecule has 0 spiro atoms. The van der Waals surface area contributed by atoms with Gasteiger partial charge in [-0.05, 0) is 48.9 Å². The molecule has 3 aromatic rings. The largest absolute Gasteiger partial charge is 0.459 e. The third-order valence-corrected chi connectivity index (χ3v) is 4.58. The normalized spacial score (nSPS) is 12.8. The van der Waals surface area contributed by atoms with Gasteiger partial charge in [-0.3, -0.25) is 0 Å². The van der Waals surface area contributed by atoms with Gasteiger partial charge in [0, 0.05) is 25.5 Å². The monoisotopic (exact) mass is 383 g/mol. The van der Waals surface area contributed by atoms with Crippen LogP contribution >= 0.6 is 39.1 Å². The van der Waals surface area contributed by atoms with Crippen molar-refractivity contribution in [3.05, 3.63) is 67.8 Å². The van der Waals surface area contributed by atoms with Crippen molar-refractivity contribution in [3.63, 3.8) is 0 Å². The number of halogens is 3. The number of hydrogen-bond acceptors (Lipinski definition) is 2. The van der Waals surface area contributed by atoms with Crippen LogP contribution in [-0.4, -0.2) is 0 Å². The standard InChI is InChI=1S/C16H12BrCl2NO/c1-8-11-6-9(17)2-5-14(11)21-16(8)15(20)12-7-10(18)3-4-13(12)19/h2-7,15H,20H2,1H3.